The zero-order valence-corrected chi connectivity index (χ0v) is 10.6. The van der Waals surface area contributed by atoms with Crippen molar-refractivity contribution >= 4 is 6.08 Å². The fourth-order valence-electron chi connectivity index (χ4n) is 1.23. The van der Waals surface area contributed by atoms with Crippen molar-refractivity contribution in [3.05, 3.63) is 54.9 Å². The minimum absolute atomic E-state index is 0. The summed E-state index contributed by atoms with van der Waals surface area (Å²) in [5, 5.41) is 0. The van der Waals surface area contributed by atoms with Gasteiger partial charge in [-0.25, -0.2) is 0 Å². The van der Waals surface area contributed by atoms with Gasteiger partial charge in [-0.2, -0.15) is 0 Å². The van der Waals surface area contributed by atoms with Crippen molar-refractivity contribution in [2.75, 3.05) is 0 Å². The van der Waals surface area contributed by atoms with Crippen LogP contribution >= 0.6 is 0 Å². The molecule has 2 aromatic heterocycles. The second-order valence-electron chi connectivity index (χ2n) is 2.89. The van der Waals surface area contributed by atoms with Gasteiger partial charge in [0.1, 0.15) is 0 Å². The first-order chi connectivity index (χ1) is 6.90. The molecular formula is C12H10N2Os+2. The summed E-state index contributed by atoms with van der Waals surface area (Å²) in [4.78, 5) is 8.47. The van der Waals surface area contributed by atoms with Crippen LogP contribution in [0.15, 0.2) is 49.3 Å². The Bertz CT molecular complexity index is 440. The Morgan fingerprint density at radius 2 is 1.80 bits per heavy atom. The molecule has 15 heavy (non-hydrogen) atoms. The van der Waals surface area contributed by atoms with Crippen molar-refractivity contribution in [3.8, 4) is 11.4 Å². The topological polar surface area (TPSA) is 25.8 Å². The summed E-state index contributed by atoms with van der Waals surface area (Å²) in [6.45, 7) is 3.72. The fraction of sp³-hybridized carbons (Fsp3) is 0. The van der Waals surface area contributed by atoms with Crippen LogP contribution in [0.1, 0.15) is 5.56 Å². The normalized spacial score (nSPS) is 9.07. The summed E-state index contributed by atoms with van der Waals surface area (Å²) in [7, 11) is 0. The summed E-state index contributed by atoms with van der Waals surface area (Å²) < 4.78 is 0. The molecule has 2 nitrogen and oxygen atoms in total. The first-order valence-electron chi connectivity index (χ1n) is 4.40. The molecular weight excluding hydrogens is 362 g/mol. The Kier molecular flexibility index (Phi) is 4.33. The van der Waals surface area contributed by atoms with E-state index >= 15 is 0 Å². The molecule has 0 saturated carbocycles. The molecule has 74 valence electrons. The number of rotatable bonds is 2. The van der Waals surface area contributed by atoms with Crippen LogP contribution in [-0.4, -0.2) is 9.97 Å². The molecule has 2 heterocycles. The molecule has 0 fully saturated rings. The van der Waals surface area contributed by atoms with E-state index in [0.717, 1.165) is 17.0 Å². The van der Waals surface area contributed by atoms with Crippen LogP contribution in [0.2, 0.25) is 0 Å². The van der Waals surface area contributed by atoms with Gasteiger partial charge < -0.3 is 0 Å². The van der Waals surface area contributed by atoms with Crippen LogP contribution < -0.4 is 0 Å². The molecule has 0 amide bonds. The van der Waals surface area contributed by atoms with E-state index in [2.05, 4.69) is 16.5 Å². The molecule has 0 aliphatic heterocycles. The minimum Gasteiger partial charge on any atom is -0.255 e. The molecule has 0 N–H and O–H groups in total. The van der Waals surface area contributed by atoms with Crippen molar-refractivity contribution in [2.24, 2.45) is 0 Å². The summed E-state index contributed by atoms with van der Waals surface area (Å²) >= 11 is 0. The summed E-state index contributed by atoms with van der Waals surface area (Å²) in [5.41, 5.74) is 2.82. The maximum absolute atomic E-state index is 4.25. The number of hydrogen-bond donors (Lipinski definition) is 0. The maximum atomic E-state index is 4.25. The fourth-order valence-corrected chi connectivity index (χ4v) is 1.23. The number of aromatic nitrogens is 2. The van der Waals surface area contributed by atoms with E-state index < -0.39 is 0 Å². The maximum Gasteiger partial charge on any atom is 2.00 e. The molecule has 0 bridgehead atoms. The molecule has 2 rings (SSSR count). The molecule has 3 heteroatoms. The van der Waals surface area contributed by atoms with E-state index in [9.17, 15) is 0 Å². The van der Waals surface area contributed by atoms with E-state index in [1.807, 2.05) is 30.3 Å². The Labute approximate surface area is 102 Å². The van der Waals surface area contributed by atoms with E-state index in [1.165, 1.54) is 0 Å². The van der Waals surface area contributed by atoms with Gasteiger partial charge >= 0.3 is 19.8 Å². The standard InChI is InChI=1S/C12H10N2.Os/c1-2-10-6-8-14-12(9-10)11-5-3-4-7-13-11;/h2-9H,1H2;/q;+2. The average Bonchev–Trinajstić information content (AvgIpc) is 2.30. The number of nitrogens with zero attached hydrogens (tertiary/aromatic N) is 2. The first-order valence-corrected chi connectivity index (χ1v) is 4.40. The van der Waals surface area contributed by atoms with Crippen molar-refractivity contribution in [2.45, 2.75) is 0 Å². The molecule has 0 spiro atoms. The first kappa shape index (κ1) is 11.7. The van der Waals surface area contributed by atoms with Gasteiger partial charge in [-0.3, -0.25) is 9.97 Å². The second-order valence-corrected chi connectivity index (χ2v) is 2.89. The monoisotopic (exact) mass is 374 g/mol. The van der Waals surface area contributed by atoms with E-state index in [0.29, 0.717) is 0 Å². The van der Waals surface area contributed by atoms with Crippen LogP contribution in [0.4, 0.5) is 0 Å². The third-order valence-electron chi connectivity index (χ3n) is 1.95. The van der Waals surface area contributed by atoms with Gasteiger partial charge in [0.15, 0.2) is 0 Å². The smallest absolute Gasteiger partial charge is 0.255 e. The van der Waals surface area contributed by atoms with Crippen molar-refractivity contribution in [1.29, 1.82) is 0 Å². The van der Waals surface area contributed by atoms with Gasteiger partial charge in [0.25, 0.3) is 0 Å². The van der Waals surface area contributed by atoms with Gasteiger partial charge in [0.2, 0.25) is 0 Å². The number of pyridine rings is 2. The number of hydrogen-bond acceptors (Lipinski definition) is 2. The quantitative estimate of drug-likeness (QED) is 0.810. The predicted octanol–water partition coefficient (Wildman–Crippen LogP) is 2.78. The Morgan fingerprint density at radius 3 is 2.47 bits per heavy atom. The van der Waals surface area contributed by atoms with Gasteiger partial charge in [-0.1, -0.05) is 18.7 Å². The van der Waals surface area contributed by atoms with Gasteiger partial charge in [-0.15, -0.1) is 0 Å². The third-order valence-corrected chi connectivity index (χ3v) is 1.95. The van der Waals surface area contributed by atoms with Crippen LogP contribution in [0.3, 0.4) is 0 Å². The van der Waals surface area contributed by atoms with Gasteiger partial charge in [0.05, 0.1) is 11.4 Å². The van der Waals surface area contributed by atoms with Crippen LogP contribution in [-0.2, 0) is 19.8 Å². The van der Waals surface area contributed by atoms with Crippen LogP contribution in [0.5, 0.6) is 0 Å². The molecule has 0 aliphatic carbocycles. The molecule has 0 aliphatic rings. The van der Waals surface area contributed by atoms with E-state index in [1.54, 1.807) is 18.5 Å². The summed E-state index contributed by atoms with van der Waals surface area (Å²) in [5.74, 6) is 0. The van der Waals surface area contributed by atoms with E-state index in [4.69, 9.17) is 0 Å². The minimum atomic E-state index is 0. The molecule has 0 aromatic carbocycles. The predicted molar refractivity (Wildman–Crippen MR) is 57.6 cm³/mol. The molecule has 0 saturated heterocycles. The molecule has 2 aromatic rings. The van der Waals surface area contributed by atoms with Crippen LogP contribution in [0.25, 0.3) is 17.5 Å². The Balaban J connectivity index is 0.00000112. The Hall–Kier alpha value is -1.32. The Morgan fingerprint density at radius 1 is 1.00 bits per heavy atom. The van der Waals surface area contributed by atoms with Gasteiger partial charge in [0, 0.05) is 12.4 Å². The largest absolute Gasteiger partial charge is 2.00 e. The molecule has 0 radical (unpaired) electrons. The summed E-state index contributed by atoms with van der Waals surface area (Å²) in [6, 6.07) is 9.66. The second kappa shape index (κ2) is 5.53. The third kappa shape index (κ3) is 2.81. The SMILES string of the molecule is C=Cc1ccnc(-c2ccccn2)c1.[Os+2]. The molecule has 0 atom stereocenters. The average molecular weight is 372 g/mol. The van der Waals surface area contributed by atoms with Crippen molar-refractivity contribution in [3.63, 3.8) is 0 Å². The van der Waals surface area contributed by atoms with Gasteiger partial charge in [-0.05, 0) is 29.8 Å². The summed E-state index contributed by atoms with van der Waals surface area (Å²) in [6.07, 6.45) is 5.33. The van der Waals surface area contributed by atoms with Crippen LogP contribution in [0, 0.1) is 0 Å². The molecule has 0 unspecified atom stereocenters. The zero-order valence-electron chi connectivity index (χ0n) is 8.07. The zero-order chi connectivity index (χ0) is 9.80. The van der Waals surface area contributed by atoms with E-state index in [-0.39, 0.29) is 19.8 Å². The van der Waals surface area contributed by atoms with Crippen molar-refractivity contribution < 1.29 is 19.8 Å². The van der Waals surface area contributed by atoms with Crippen molar-refractivity contribution in [1.82, 2.24) is 9.97 Å².